The summed E-state index contributed by atoms with van der Waals surface area (Å²) >= 11 is 0. The third kappa shape index (κ3) is 7.19. The zero-order valence-electron chi connectivity index (χ0n) is 25.3. The molecule has 2 aliphatic heterocycles. The van der Waals surface area contributed by atoms with E-state index in [-0.39, 0.29) is 23.6 Å². The van der Waals surface area contributed by atoms with Crippen molar-refractivity contribution < 1.29 is 19.1 Å². The van der Waals surface area contributed by atoms with Gasteiger partial charge in [-0.3, -0.25) is 14.4 Å². The minimum Gasteiger partial charge on any atom is -0.497 e. The van der Waals surface area contributed by atoms with Crippen LogP contribution < -0.4 is 15.0 Å². The van der Waals surface area contributed by atoms with Crippen LogP contribution >= 0.6 is 0 Å². The predicted molar refractivity (Wildman–Crippen MR) is 170 cm³/mol. The number of carbonyl (C=O) groups is 3. The number of nitrogens with one attached hydrogen (secondary N) is 1. The lowest BCUT2D eigenvalue weighted by molar-refractivity contribution is -0.132. The van der Waals surface area contributed by atoms with Crippen molar-refractivity contribution in [3.05, 3.63) is 89.5 Å². The molecule has 0 bridgehead atoms. The molecule has 0 aromatic heterocycles. The van der Waals surface area contributed by atoms with Crippen molar-refractivity contribution in [1.29, 1.82) is 0 Å². The second kappa shape index (κ2) is 14.2. The molecule has 0 unspecified atom stereocenters. The third-order valence-electron chi connectivity index (χ3n) is 8.54. The first-order chi connectivity index (χ1) is 21.0. The van der Waals surface area contributed by atoms with Crippen LogP contribution in [0.25, 0.3) is 0 Å². The average Bonchev–Trinajstić information content (AvgIpc) is 3.32. The van der Waals surface area contributed by atoms with Crippen molar-refractivity contribution in [3.63, 3.8) is 0 Å². The number of piperidine rings is 1. The van der Waals surface area contributed by atoms with Crippen molar-refractivity contribution in [2.24, 2.45) is 0 Å². The molecular formula is C35H42N4O4. The monoisotopic (exact) mass is 582 g/mol. The van der Waals surface area contributed by atoms with Gasteiger partial charge in [-0.1, -0.05) is 37.3 Å². The van der Waals surface area contributed by atoms with E-state index in [1.165, 1.54) is 0 Å². The maximum absolute atomic E-state index is 13.9. The Bertz CT molecular complexity index is 1400. The lowest BCUT2D eigenvalue weighted by Gasteiger charge is -2.31. The highest BCUT2D eigenvalue weighted by molar-refractivity contribution is 6.06. The molecule has 0 spiro atoms. The number of carbonyl (C=O) groups excluding carboxylic acids is 3. The van der Waals surface area contributed by atoms with Gasteiger partial charge in [0, 0.05) is 56.2 Å². The number of anilines is 2. The van der Waals surface area contributed by atoms with Crippen LogP contribution in [-0.2, 0) is 4.79 Å². The van der Waals surface area contributed by atoms with Gasteiger partial charge in [-0.15, -0.1) is 0 Å². The van der Waals surface area contributed by atoms with Gasteiger partial charge in [-0.2, -0.15) is 0 Å². The normalized spacial score (nSPS) is 16.3. The smallest absolute Gasteiger partial charge is 0.256 e. The number of methoxy groups -OCH3 is 1. The Hall–Kier alpha value is -4.33. The van der Waals surface area contributed by atoms with Gasteiger partial charge in [0.15, 0.2) is 0 Å². The van der Waals surface area contributed by atoms with Gasteiger partial charge in [0.1, 0.15) is 5.75 Å². The van der Waals surface area contributed by atoms with Gasteiger partial charge in [-0.05, 0) is 80.1 Å². The summed E-state index contributed by atoms with van der Waals surface area (Å²) in [6.07, 6.45) is 4.68. The maximum atomic E-state index is 13.9. The lowest BCUT2D eigenvalue weighted by atomic mass is 9.95. The molecule has 0 aliphatic carbocycles. The summed E-state index contributed by atoms with van der Waals surface area (Å²) in [5.74, 6) is 0.426. The molecule has 2 heterocycles. The van der Waals surface area contributed by atoms with Crippen LogP contribution in [0, 0.1) is 0 Å². The predicted octanol–water partition coefficient (Wildman–Crippen LogP) is 5.81. The van der Waals surface area contributed by atoms with E-state index >= 15 is 0 Å². The summed E-state index contributed by atoms with van der Waals surface area (Å²) in [5, 5.41) is 2.97. The van der Waals surface area contributed by atoms with Crippen LogP contribution in [0.15, 0.2) is 72.8 Å². The fourth-order valence-electron chi connectivity index (χ4n) is 6.11. The quantitative estimate of drug-likeness (QED) is 0.363. The maximum Gasteiger partial charge on any atom is 0.256 e. The Morgan fingerprint density at radius 2 is 1.51 bits per heavy atom. The number of ether oxygens (including phenoxy) is 1. The van der Waals surface area contributed by atoms with Crippen molar-refractivity contribution >= 4 is 29.1 Å². The average molecular weight is 583 g/mol. The Morgan fingerprint density at radius 3 is 2.21 bits per heavy atom. The molecule has 8 nitrogen and oxygen atoms in total. The van der Waals surface area contributed by atoms with Crippen LogP contribution in [0.5, 0.6) is 5.75 Å². The largest absolute Gasteiger partial charge is 0.497 e. The third-order valence-corrected chi connectivity index (χ3v) is 8.54. The molecule has 3 aromatic carbocycles. The molecule has 2 saturated heterocycles. The molecule has 226 valence electrons. The van der Waals surface area contributed by atoms with Crippen LogP contribution in [0.2, 0.25) is 0 Å². The molecule has 43 heavy (non-hydrogen) atoms. The van der Waals surface area contributed by atoms with Crippen molar-refractivity contribution in [3.8, 4) is 5.75 Å². The summed E-state index contributed by atoms with van der Waals surface area (Å²) in [6.45, 7) is 6.19. The topological polar surface area (TPSA) is 82.2 Å². The molecule has 5 rings (SSSR count). The van der Waals surface area contributed by atoms with E-state index in [0.717, 1.165) is 63.0 Å². The van der Waals surface area contributed by atoms with Crippen LogP contribution in [0.1, 0.15) is 71.2 Å². The number of hydrogen-bond donors (Lipinski definition) is 1. The molecule has 1 N–H and O–H groups in total. The second-order valence-corrected chi connectivity index (χ2v) is 11.3. The molecule has 1 atom stereocenters. The molecule has 3 amide bonds. The van der Waals surface area contributed by atoms with Crippen molar-refractivity contribution in [1.82, 2.24) is 9.80 Å². The summed E-state index contributed by atoms with van der Waals surface area (Å²) in [7, 11) is 1.59. The molecule has 8 heteroatoms. The molecule has 2 fully saturated rings. The Labute approximate surface area is 254 Å². The summed E-state index contributed by atoms with van der Waals surface area (Å²) < 4.78 is 5.20. The molecule has 0 radical (unpaired) electrons. The number of likely N-dealkylation sites (tertiary alicyclic amines) is 1. The van der Waals surface area contributed by atoms with Gasteiger partial charge >= 0.3 is 0 Å². The van der Waals surface area contributed by atoms with E-state index in [1.807, 2.05) is 58.3 Å². The fraction of sp³-hybridized carbons (Fsp3) is 0.400. The van der Waals surface area contributed by atoms with Gasteiger partial charge < -0.3 is 24.8 Å². The van der Waals surface area contributed by atoms with E-state index < -0.39 is 0 Å². The molecule has 0 saturated carbocycles. The van der Waals surface area contributed by atoms with Gasteiger partial charge in [0.05, 0.1) is 18.6 Å². The summed E-state index contributed by atoms with van der Waals surface area (Å²) in [6, 6.07) is 22.6. The van der Waals surface area contributed by atoms with E-state index in [2.05, 4.69) is 17.1 Å². The van der Waals surface area contributed by atoms with Crippen LogP contribution in [0.3, 0.4) is 0 Å². The van der Waals surface area contributed by atoms with Crippen LogP contribution in [-0.4, -0.2) is 73.9 Å². The zero-order valence-corrected chi connectivity index (χ0v) is 25.3. The van der Waals surface area contributed by atoms with E-state index in [9.17, 15) is 14.4 Å². The highest BCUT2D eigenvalue weighted by atomic mass is 16.5. The molecule has 3 aromatic rings. The van der Waals surface area contributed by atoms with Gasteiger partial charge in [0.25, 0.3) is 11.8 Å². The Balaban J connectivity index is 1.36. The highest BCUT2D eigenvalue weighted by Crippen LogP contribution is 2.29. The summed E-state index contributed by atoms with van der Waals surface area (Å²) in [4.78, 5) is 46.7. The minimum absolute atomic E-state index is 0.0115. The second-order valence-electron chi connectivity index (χ2n) is 11.3. The first kappa shape index (κ1) is 30.1. The summed E-state index contributed by atoms with van der Waals surface area (Å²) in [5.41, 5.74) is 3.57. The zero-order chi connectivity index (χ0) is 30.2. The lowest BCUT2D eigenvalue weighted by Crippen LogP contribution is -2.39. The molecular weight excluding hydrogens is 540 g/mol. The number of nitrogens with zero attached hydrogens (tertiary/aromatic N) is 3. The minimum atomic E-state index is -0.250. The van der Waals surface area contributed by atoms with E-state index in [0.29, 0.717) is 42.2 Å². The number of hydrogen-bond acceptors (Lipinski definition) is 5. The van der Waals surface area contributed by atoms with Gasteiger partial charge in [0.2, 0.25) is 5.91 Å². The SMILES string of the molecule is CC[C@H](C(=O)N1CCCN(c2ccc(NC(=O)c3ccc(OC)cc3)cc2C(=O)N2CCCCC2)CC1)c1ccccc1. The Morgan fingerprint density at radius 1 is 0.791 bits per heavy atom. The van der Waals surface area contributed by atoms with Crippen molar-refractivity contribution in [2.75, 3.05) is 56.6 Å². The first-order valence-electron chi connectivity index (χ1n) is 15.5. The Kier molecular flexibility index (Phi) is 9.97. The van der Waals surface area contributed by atoms with E-state index in [4.69, 9.17) is 4.74 Å². The fourth-order valence-corrected chi connectivity index (χ4v) is 6.11. The van der Waals surface area contributed by atoms with E-state index in [1.54, 1.807) is 31.4 Å². The standard InChI is InChI=1S/C35H42N4O4/c1-3-30(26-11-6-4-7-12-26)34(41)39-22-10-21-37(23-24-39)32-18-15-28(25-31(32)35(42)38-19-8-5-9-20-38)36-33(40)27-13-16-29(43-2)17-14-27/h4,6-7,11-18,25,30H,3,5,8-10,19-24H2,1-2H3,(H,36,40)/t30-/m0/s1. The van der Waals surface area contributed by atoms with Gasteiger partial charge in [-0.25, -0.2) is 0 Å². The highest BCUT2D eigenvalue weighted by Gasteiger charge is 2.29. The first-order valence-corrected chi connectivity index (χ1v) is 15.5. The van der Waals surface area contributed by atoms with Crippen LogP contribution in [0.4, 0.5) is 11.4 Å². The number of amides is 3. The molecule has 2 aliphatic rings. The number of benzene rings is 3. The number of rotatable bonds is 8. The van der Waals surface area contributed by atoms with Crippen molar-refractivity contribution in [2.45, 2.75) is 44.9 Å².